The average Bonchev–Trinajstić information content (AvgIpc) is 3.14. The van der Waals surface area contributed by atoms with Crippen LogP contribution in [0, 0.1) is 0 Å². The molecule has 1 spiro atoms. The van der Waals surface area contributed by atoms with Crippen molar-refractivity contribution in [2.24, 2.45) is 0 Å². The van der Waals surface area contributed by atoms with E-state index in [1.165, 1.54) is 12.7 Å². The second-order valence-corrected chi connectivity index (χ2v) is 9.05. The summed E-state index contributed by atoms with van der Waals surface area (Å²) in [6.07, 6.45) is 3.06. The number of anilines is 1. The quantitative estimate of drug-likeness (QED) is 0.671. The second kappa shape index (κ2) is 9.10. The molecule has 2 aliphatic rings. The molecule has 2 N–H and O–H groups in total. The van der Waals surface area contributed by atoms with E-state index >= 15 is 0 Å². The number of para-hydroxylation sites is 2. The largest absolute Gasteiger partial charge is 0.480 e. The Morgan fingerprint density at radius 3 is 2.41 bits per heavy atom. The van der Waals surface area contributed by atoms with E-state index in [-0.39, 0.29) is 17.7 Å². The highest BCUT2D eigenvalue weighted by molar-refractivity contribution is 5.71. The fourth-order valence-electron chi connectivity index (χ4n) is 5.23. The third kappa shape index (κ3) is 4.20. The van der Waals surface area contributed by atoms with E-state index in [9.17, 15) is 9.90 Å². The normalized spacial score (nSPS) is 27.7. The first-order valence-electron chi connectivity index (χ1n) is 11.1. The van der Waals surface area contributed by atoms with E-state index in [2.05, 4.69) is 59.4 Å². The van der Waals surface area contributed by atoms with Crippen molar-refractivity contribution in [3.05, 3.63) is 60.2 Å². The summed E-state index contributed by atoms with van der Waals surface area (Å²) < 4.78 is 10.4. The van der Waals surface area contributed by atoms with Crippen LogP contribution < -0.4 is 15.0 Å². The highest BCUT2D eigenvalue weighted by atomic mass is 16.6. The Balaban J connectivity index is 1.52. The molecule has 2 aromatic rings. The molecular formula is C25H33N3O4. The molecule has 7 nitrogen and oxygen atoms in total. The van der Waals surface area contributed by atoms with Crippen LogP contribution in [0.3, 0.4) is 0 Å². The molecule has 7 heteroatoms. The molecule has 2 aromatic carbocycles. The van der Waals surface area contributed by atoms with Crippen molar-refractivity contribution < 1.29 is 19.4 Å². The number of benzene rings is 2. The van der Waals surface area contributed by atoms with Gasteiger partial charge in [-0.1, -0.05) is 42.5 Å². The molecule has 172 valence electrons. The Kier molecular flexibility index (Phi) is 6.42. The number of hydrogen-bond acceptors (Lipinski definition) is 7. The van der Waals surface area contributed by atoms with Crippen LogP contribution in [0.5, 0.6) is 5.75 Å². The van der Waals surface area contributed by atoms with E-state index in [1.54, 1.807) is 0 Å². The summed E-state index contributed by atoms with van der Waals surface area (Å²) >= 11 is 0. The molecule has 0 aromatic heterocycles. The highest BCUT2D eigenvalue weighted by Crippen LogP contribution is 2.47. The average molecular weight is 440 g/mol. The molecule has 1 saturated carbocycles. The van der Waals surface area contributed by atoms with Crippen LogP contribution in [0.25, 0.3) is 0 Å². The van der Waals surface area contributed by atoms with Gasteiger partial charge in [0.25, 0.3) is 0 Å². The molecule has 0 amide bonds. The second-order valence-electron chi connectivity index (χ2n) is 9.05. The van der Waals surface area contributed by atoms with Crippen molar-refractivity contribution in [2.45, 2.75) is 43.1 Å². The van der Waals surface area contributed by atoms with E-state index in [1.807, 2.05) is 29.2 Å². The number of aliphatic hydroxyl groups is 1. The van der Waals surface area contributed by atoms with Gasteiger partial charge in [-0.15, -0.1) is 0 Å². The molecule has 0 radical (unpaired) electrons. The lowest BCUT2D eigenvalue weighted by Gasteiger charge is -2.49. The third-order valence-corrected chi connectivity index (χ3v) is 7.15. The number of methoxy groups -OCH3 is 1. The van der Waals surface area contributed by atoms with Crippen LogP contribution in [-0.2, 0) is 15.1 Å². The Morgan fingerprint density at radius 2 is 1.75 bits per heavy atom. The third-order valence-electron chi connectivity index (χ3n) is 7.15. The summed E-state index contributed by atoms with van der Waals surface area (Å²) in [6.45, 7) is 0.503. The van der Waals surface area contributed by atoms with Crippen molar-refractivity contribution in [2.75, 3.05) is 39.3 Å². The van der Waals surface area contributed by atoms with Crippen molar-refractivity contribution in [3.63, 3.8) is 0 Å². The molecule has 0 bridgehead atoms. The molecule has 1 saturated heterocycles. The predicted molar refractivity (Wildman–Crippen MR) is 123 cm³/mol. The molecule has 1 atom stereocenters. The van der Waals surface area contributed by atoms with Gasteiger partial charge in [-0.05, 0) is 57.5 Å². The summed E-state index contributed by atoms with van der Waals surface area (Å²) in [5, 5.41) is 14.4. The Labute approximate surface area is 189 Å². The number of rotatable bonds is 6. The van der Waals surface area contributed by atoms with Crippen LogP contribution in [0.15, 0.2) is 54.6 Å². The molecule has 32 heavy (non-hydrogen) atoms. The maximum atomic E-state index is 11.5. The number of carbonyl (C=O) groups excluding carboxylic acids is 1. The number of ether oxygens (including phenoxy) is 2. The SMILES string of the molecule is COC(=O)COc1ccccc1N1C[C@]2(CC[C@](c3ccccc3)(N(C)C)CC2)NC1O. The van der Waals surface area contributed by atoms with Crippen LogP contribution in [0.2, 0.25) is 0 Å². The number of carbonyl (C=O) groups is 1. The van der Waals surface area contributed by atoms with Crippen molar-refractivity contribution >= 4 is 11.7 Å². The Bertz CT molecular complexity index is 926. The van der Waals surface area contributed by atoms with Crippen LogP contribution in [-0.4, -0.2) is 62.2 Å². The first-order valence-corrected chi connectivity index (χ1v) is 11.1. The maximum absolute atomic E-state index is 11.5. The zero-order valence-electron chi connectivity index (χ0n) is 19.1. The molecular weight excluding hydrogens is 406 g/mol. The maximum Gasteiger partial charge on any atom is 0.343 e. The summed E-state index contributed by atoms with van der Waals surface area (Å²) in [7, 11) is 5.65. The molecule has 1 unspecified atom stereocenters. The van der Waals surface area contributed by atoms with Gasteiger partial charge in [-0.25, -0.2) is 4.79 Å². The van der Waals surface area contributed by atoms with Crippen LogP contribution in [0.4, 0.5) is 5.69 Å². The van der Waals surface area contributed by atoms with Gasteiger partial charge in [-0.3, -0.25) is 10.2 Å². The lowest BCUT2D eigenvalue weighted by molar-refractivity contribution is -0.142. The van der Waals surface area contributed by atoms with E-state index in [0.717, 1.165) is 31.4 Å². The predicted octanol–water partition coefficient (Wildman–Crippen LogP) is 2.69. The van der Waals surface area contributed by atoms with Gasteiger partial charge in [0.15, 0.2) is 13.0 Å². The standard InChI is InChI=1S/C25H33N3O4/c1-27(2)25(19-9-5-4-6-10-19)15-13-24(14-16-25)18-28(23(30)26-24)20-11-7-8-12-21(20)32-17-22(29)31-3/h4-12,23,26,30H,13-18H2,1-3H3/t23?,24-,25+. The van der Waals surface area contributed by atoms with Gasteiger partial charge in [0, 0.05) is 17.6 Å². The number of nitrogens with one attached hydrogen (secondary N) is 1. The number of hydrogen-bond donors (Lipinski definition) is 2. The monoisotopic (exact) mass is 439 g/mol. The smallest absolute Gasteiger partial charge is 0.343 e. The van der Waals surface area contributed by atoms with Crippen molar-refractivity contribution in [1.29, 1.82) is 0 Å². The first-order chi connectivity index (χ1) is 15.4. The van der Waals surface area contributed by atoms with Gasteiger partial charge >= 0.3 is 5.97 Å². The molecule has 1 heterocycles. The first kappa shape index (κ1) is 22.6. The molecule has 2 fully saturated rings. The fourth-order valence-corrected chi connectivity index (χ4v) is 5.23. The number of aliphatic hydroxyl groups excluding tert-OH is 1. The molecule has 4 rings (SSSR count). The number of nitrogens with zero attached hydrogens (tertiary/aromatic N) is 2. The van der Waals surface area contributed by atoms with Gasteiger partial charge in [0.2, 0.25) is 0 Å². The van der Waals surface area contributed by atoms with Crippen molar-refractivity contribution in [3.8, 4) is 5.75 Å². The summed E-state index contributed by atoms with van der Waals surface area (Å²) in [5.41, 5.74) is 1.93. The van der Waals surface area contributed by atoms with Gasteiger partial charge < -0.3 is 19.5 Å². The minimum Gasteiger partial charge on any atom is -0.480 e. The summed E-state index contributed by atoms with van der Waals surface area (Å²) in [6, 6.07) is 18.2. The van der Waals surface area contributed by atoms with Crippen molar-refractivity contribution in [1.82, 2.24) is 10.2 Å². The van der Waals surface area contributed by atoms with Crippen LogP contribution in [0.1, 0.15) is 31.2 Å². The topological polar surface area (TPSA) is 74.3 Å². The Morgan fingerprint density at radius 1 is 1.09 bits per heavy atom. The minimum absolute atomic E-state index is 0.00586. The van der Waals surface area contributed by atoms with Gasteiger partial charge in [0.1, 0.15) is 5.75 Å². The van der Waals surface area contributed by atoms with E-state index in [0.29, 0.717) is 12.3 Å². The van der Waals surface area contributed by atoms with E-state index in [4.69, 9.17) is 4.74 Å². The lowest BCUT2D eigenvalue weighted by Crippen LogP contribution is -2.54. The van der Waals surface area contributed by atoms with Crippen LogP contribution >= 0.6 is 0 Å². The molecule has 1 aliphatic heterocycles. The van der Waals surface area contributed by atoms with Gasteiger partial charge in [0.05, 0.1) is 12.8 Å². The number of esters is 1. The summed E-state index contributed by atoms with van der Waals surface area (Å²) in [4.78, 5) is 15.8. The Hall–Kier alpha value is -2.61. The minimum atomic E-state index is -0.818. The van der Waals surface area contributed by atoms with Gasteiger partial charge in [-0.2, -0.15) is 0 Å². The summed E-state index contributed by atoms with van der Waals surface area (Å²) in [5.74, 6) is 0.114. The fraction of sp³-hybridized carbons (Fsp3) is 0.480. The zero-order chi connectivity index (χ0) is 22.8. The van der Waals surface area contributed by atoms with E-state index < -0.39 is 12.3 Å². The lowest BCUT2D eigenvalue weighted by atomic mass is 9.69. The molecule has 1 aliphatic carbocycles. The highest BCUT2D eigenvalue weighted by Gasteiger charge is 2.50. The zero-order valence-corrected chi connectivity index (χ0v) is 19.1.